The van der Waals surface area contributed by atoms with Crippen LogP contribution in [0.25, 0.3) is 0 Å². The van der Waals surface area contributed by atoms with Gasteiger partial charge in [-0.05, 0) is 67.8 Å². The molecular weight excluding hydrogens is 581 g/mol. The molecule has 0 radical (unpaired) electrons. The van der Waals surface area contributed by atoms with E-state index in [1.807, 2.05) is 42.5 Å². The van der Waals surface area contributed by atoms with Gasteiger partial charge < -0.3 is 14.7 Å². The van der Waals surface area contributed by atoms with E-state index in [0.717, 1.165) is 47.5 Å². The van der Waals surface area contributed by atoms with E-state index in [9.17, 15) is 14.7 Å². The zero-order valence-electron chi connectivity index (χ0n) is 20.2. The van der Waals surface area contributed by atoms with E-state index < -0.39 is 5.97 Å². The van der Waals surface area contributed by atoms with Crippen molar-refractivity contribution >= 4 is 68.9 Å². The minimum Gasteiger partial charge on any atom is -0.496 e. The Morgan fingerprint density at radius 2 is 1.76 bits per heavy atom. The SMILES string of the molecule is COc1c(CC(=O)NN(c2ccc(Br)cc2)c2ccccc2N2CCCCC2)cc(Cl)cc1C(=O)O.Cl. The van der Waals surface area contributed by atoms with Gasteiger partial charge in [0.25, 0.3) is 0 Å². The zero-order chi connectivity index (χ0) is 25.7. The van der Waals surface area contributed by atoms with Crippen LogP contribution in [0.15, 0.2) is 65.1 Å². The lowest BCUT2D eigenvalue weighted by Gasteiger charge is -2.34. The van der Waals surface area contributed by atoms with Crippen molar-refractivity contribution in [2.24, 2.45) is 0 Å². The lowest BCUT2D eigenvalue weighted by Crippen LogP contribution is -2.41. The Balaban J connectivity index is 0.00000380. The van der Waals surface area contributed by atoms with E-state index in [2.05, 4.69) is 32.3 Å². The number of hydrogen-bond acceptors (Lipinski definition) is 5. The van der Waals surface area contributed by atoms with Gasteiger partial charge in [-0.3, -0.25) is 15.2 Å². The molecule has 3 aromatic rings. The normalized spacial score (nSPS) is 12.9. The highest BCUT2D eigenvalue weighted by molar-refractivity contribution is 9.10. The fourth-order valence-corrected chi connectivity index (χ4v) is 4.93. The molecule has 1 aliphatic heterocycles. The molecule has 10 heteroatoms. The Hall–Kier alpha value is -2.94. The predicted octanol–water partition coefficient (Wildman–Crippen LogP) is 6.63. The second kappa shape index (κ2) is 13.0. The summed E-state index contributed by atoms with van der Waals surface area (Å²) in [6.07, 6.45) is 3.34. The van der Waals surface area contributed by atoms with Crippen molar-refractivity contribution in [2.45, 2.75) is 25.7 Å². The Morgan fingerprint density at radius 3 is 2.41 bits per heavy atom. The second-order valence-electron chi connectivity index (χ2n) is 8.51. The van der Waals surface area contributed by atoms with Crippen molar-refractivity contribution in [1.29, 1.82) is 0 Å². The van der Waals surface area contributed by atoms with Gasteiger partial charge in [-0.2, -0.15) is 0 Å². The van der Waals surface area contributed by atoms with Gasteiger partial charge in [0.15, 0.2) is 0 Å². The number of nitrogens with zero attached hydrogens (tertiary/aromatic N) is 2. The van der Waals surface area contributed by atoms with E-state index in [4.69, 9.17) is 16.3 Å². The van der Waals surface area contributed by atoms with Crippen LogP contribution in [0.5, 0.6) is 5.75 Å². The number of carboxylic acids is 1. The average molecular weight is 609 g/mol. The number of carboxylic acid groups (broad SMARTS) is 1. The van der Waals surface area contributed by atoms with Crippen LogP contribution in [-0.2, 0) is 11.2 Å². The molecule has 1 heterocycles. The van der Waals surface area contributed by atoms with Crippen LogP contribution >= 0.6 is 39.9 Å². The van der Waals surface area contributed by atoms with Crippen molar-refractivity contribution in [2.75, 3.05) is 30.1 Å². The molecule has 4 rings (SSSR count). The lowest BCUT2D eigenvalue weighted by molar-refractivity contribution is -0.120. The summed E-state index contributed by atoms with van der Waals surface area (Å²) in [5.41, 5.74) is 5.98. The molecule has 0 spiro atoms. The standard InChI is InChI=1S/C27H27BrClN3O4.ClH/c1-36-26-18(15-20(29)17-22(26)27(34)35)16-25(33)30-32(21-11-9-19(28)10-12-21)24-8-4-3-7-23(24)31-13-5-2-6-14-31;/h3-4,7-12,15,17H,2,5-6,13-14,16H2,1H3,(H,30,33)(H,34,35);1H. The molecule has 0 atom stereocenters. The zero-order valence-corrected chi connectivity index (χ0v) is 23.4. The Labute approximate surface area is 235 Å². The molecule has 0 aliphatic carbocycles. The number of para-hydroxylation sites is 2. The van der Waals surface area contributed by atoms with Crippen molar-refractivity contribution in [3.63, 3.8) is 0 Å². The van der Waals surface area contributed by atoms with Crippen LogP contribution < -0.4 is 20.1 Å². The maximum atomic E-state index is 13.4. The Kier molecular flexibility index (Phi) is 10.1. The van der Waals surface area contributed by atoms with Gasteiger partial charge in [0, 0.05) is 28.1 Å². The highest BCUT2D eigenvalue weighted by Gasteiger charge is 2.23. The molecule has 0 aromatic heterocycles. The number of halogens is 3. The topological polar surface area (TPSA) is 82.1 Å². The average Bonchev–Trinajstić information content (AvgIpc) is 2.88. The minimum atomic E-state index is -1.18. The molecular formula is C27H28BrCl2N3O4. The molecule has 1 fully saturated rings. The molecule has 37 heavy (non-hydrogen) atoms. The van der Waals surface area contributed by atoms with Crippen LogP contribution in [0.2, 0.25) is 5.02 Å². The van der Waals surface area contributed by atoms with Gasteiger partial charge in [0.1, 0.15) is 11.3 Å². The quantitative estimate of drug-likeness (QED) is 0.279. The van der Waals surface area contributed by atoms with Crippen LogP contribution in [-0.4, -0.2) is 37.2 Å². The van der Waals surface area contributed by atoms with Gasteiger partial charge in [0.2, 0.25) is 5.91 Å². The number of piperidine rings is 1. The number of nitrogens with one attached hydrogen (secondary N) is 1. The van der Waals surface area contributed by atoms with Crippen molar-refractivity contribution in [3.8, 4) is 5.75 Å². The summed E-state index contributed by atoms with van der Waals surface area (Å²) >= 11 is 9.63. The number of rotatable bonds is 8. The Morgan fingerprint density at radius 1 is 1.08 bits per heavy atom. The third-order valence-corrected chi connectivity index (χ3v) is 6.80. The van der Waals surface area contributed by atoms with Gasteiger partial charge in [-0.1, -0.05) is 39.7 Å². The second-order valence-corrected chi connectivity index (χ2v) is 9.86. The van der Waals surface area contributed by atoms with E-state index >= 15 is 0 Å². The van der Waals surface area contributed by atoms with Crippen LogP contribution in [0.1, 0.15) is 35.2 Å². The Bertz CT molecular complexity index is 1250. The first-order valence-electron chi connectivity index (χ1n) is 11.7. The molecule has 1 saturated heterocycles. The van der Waals surface area contributed by atoms with Gasteiger partial charge >= 0.3 is 5.97 Å². The van der Waals surface area contributed by atoms with E-state index in [0.29, 0.717) is 5.56 Å². The van der Waals surface area contributed by atoms with Crippen molar-refractivity contribution in [3.05, 3.63) is 81.3 Å². The third-order valence-electron chi connectivity index (χ3n) is 6.06. The summed E-state index contributed by atoms with van der Waals surface area (Å²) < 4.78 is 6.26. The number of carbonyl (C=O) groups excluding carboxylic acids is 1. The highest BCUT2D eigenvalue weighted by Crippen LogP contribution is 2.35. The fraction of sp³-hybridized carbons (Fsp3) is 0.259. The monoisotopic (exact) mass is 607 g/mol. The van der Waals surface area contributed by atoms with Gasteiger partial charge in [-0.25, -0.2) is 4.79 Å². The van der Waals surface area contributed by atoms with Gasteiger partial charge in [-0.15, -0.1) is 12.4 Å². The summed E-state index contributed by atoms with van der Waals surface area (Å²) in [5.74, 6) is -1.41. The molecule has 0 bridgehead atoms. The van der Waals surface area contributed by atoms with Crippen molar-refractivity contribution < 1.29 is 19.4 Å². The molecule has 0 saturated carbocycles. The van der Waals surface area contributed by atoms with Gasteiger partial charge in [0.05, 0.1) is 30.6 Å². The molecule has 7 nitrogen and oxygen atoms in total. The van der Waals surface area contributed by atoms with E-state index in [-0.39, 0.29) is 41.1 Å². The maximum absolute atomic E-state index is 13.4. The number of methoxy groups -OCH3 is 1. The molecule has 1 amide bonds. The van der Waals surface area contributed by atoms with Crippen LogP contribution in [0.3, 0.4) is 0 Å². The summed E-state index contributed by atoms with van der Waals surface area (Å²) in [7, 11) is 1.38. The summed E-state index contributed by atoms with van der Waals surface area (Å²) in [6, 6.07) is 18.5. The number of hydrazine groups is 1. The number of carbonyl (C=O) groups is 2. The lowest BCUT2D eigenvalue weighted by atomic mass is 10.1. The molecule has 2 N–H and O–H groups in total. The number of hydrogen-bond donors (Lipinski definition) is 2. The predicted molar refractivity (Wildman–Crippen MR) is 153 cm³/mol. The third kappa shape index (κ3) is 6.89. The summed E-state index contributed by atoms with van der Waals surface area (Å²) in [4.78, 5) is 27.4. The van der Waals surface area contributed by atoms with Crippen LogP contribution in [0, 0.1) is 0 Å². The fourth-order valence-electron chi connectivity index (χ4n) is 4.43. The highest BCUT2D eigenvalue weighted by atomic mass is 79.9. The molecule has 0 unspecified atom stereocenters. The number of amides is 1. The minimum absolute atomic E-state index is 0. The largest absolute Gasteiger partial charge is 0.496 e. The molecule has 196 valence electrons. The summed E-state index contributed by atoms with van der Waals surface area (Å²) in [5, 5.41) is 11.5. The number of aromatic carboxylic acids is 1. The summed E-state index contributed by atoms with van der Waals surface area (Å²) in [6.45, 7) is 1.91. The smallest absolute Gasteiger partial charge is 0.339 e. The number of ether oxygens (including phenoxy) is 1. The van der Waals surface area contributed by atoms with E-state index in [1.54, 1.807) is 11.1 Å². The van der Waals surface area contributed by atoms with E-state index in [1.165, 1.54) is 19.6 Å². The van der Waals surface area contributed by atoms with Crippen molar-refractivity contribution in [1.82, 2.24) is 5.43 Å². The maximum Gasteiger partial charge on any atom is 0.339 e. The first-order chi connectivity index (χ1) is 17.4. The number of anilines is 3. The van der Waals surface area contributed by atoms with Crippen LogP contribution in [0.4, 0.5) is 17.1 Å². The first-order valence-corrected chi connectivity index (χ1v) is 12.8. The molecule has 1 aliphatic rings. The number of benzene rings is 3. The molecule has 3 aromatic carbocycles. The first kappa shape index (κ1) is 28.6.